The molecule has 2 atom stereocenters. The third kappa shape index (κ3) is 3.95. The first kappa shape index (κ1) is 14.4. The molecule has 1 N–H and O–H groups in total. The second-order valence-corrected chi connectivity index (χ2v) is 5.54. The molecule has 2 unspecified atom stereocenters. The van der Waals surface area contributed by atoms with Crippen molar-refractivity contribution >= 4 is 0 Å². The summed E-state index contributed by atoms with van der Waals surface area (Å²) in [7, 11) is 3.80. The van der Waals surface area contributed by atoms with Crippen molar-refractivity contribution in [3.8, 4) is 5.75 Å². The molecule has 3 heteroatoms. The molecule has 0 aromatic heterocycles. The molecule has 0 saturated heterocycles. The van der Waals surface area contributed by atoms with Crippen molar-refractivity contribution in [1.82, 2.24) is 4.90 Å². The van der Waals surface area contributed by atoms with Crippen LogP contribution in [0.5, 0.6) is 5.75 Å². The van der Waals surface area contributed by atoms with Gasteiger partial charge in [-0.1, -0.05) is 31.4 Å². The highest BCUT2D eigenvalue weighted by atomic mass is 16.5. The summed E-state index contributed by atoms with van der Waals surface area (Å²) < 4.78 is 5.26. The van der Waals surface area contributed by atoms with Crippen LogP contribution in [0.3, 0.4) is 0 Å². The Labute approximate surface area is 116 Å². The van der Waals surface area contributed by atoms with Gasteiger partial charge in [-0.3, -0.25) is 4.90 Å². The molecule has 2 rings (SSSR count). The summed E-state index contributed by atoms with van der Waals surface area (Å²) in [4.78, 5) is 2.28. The first-order valence-electron chi connectivity index (χ1n) is 7.22. The van der Waals surface area contributed by atoms with Crippen LogP contribution < -0.4 is 4.74 Å². The highest BCUT2D eigenvalue weighted by molar-refractivity contribution is 5.28. The number of likely N-dealkylation sites (N-methyl/N-ethyl adjacent to an activating group) is 1. The van der Waals surface area contributed by atoms with Gasteiger partial charge in [0, 0.05) is 12.6 Å². The zero-order valence-corrected chi connectivity index (χ0v) is 12.0. The van der Waals surface area contributed by atoms with E-state index in [4.69, 9.17) is 4.74 Å². The standard InChI is InChI=1S/C16H25NO2/c1-17(15-9-4-3-5-10-16(15)18)12-13-7-6-8-14(11-13)19-2/h6-8,11,15-16,18H,3-5,9-10,12H2,1-2H3. The van der Waals surface area contributed by atoms with Crippen molar-refractivity contribution in [2.45, 2.75) is 50.8 Å². The molecule has 0 spiro atoms. The van der Waals surface area contributed by atoms with Crippen LogP contribution in [0.2, 0.25) is 0 Å². The Morgan fingerprint density at radius 1 is 1.26 bits per heavy atom. The van der Waals surface area contributed by atoms with Crippen LogP contribution in [0, 0.1) is 0 Å². The van der Waals surface area contributed by atoms with E-state index in [1.165, 1.54) is 18.4 Å². The predicted octanol–water partition coefficient (Wildman–Crippen LogP) is 2.82. The minimum atomic E-state index is -0.182. The average molecular weight is 263 g/mol. The van der Waals surface area contributed by atoms with E-state index in [-0.39, 0.29) is 12.1 Å². The Morgan fingerprint density at radius 2 is 2.05 bits per heavy atom. The fourth-order valence-corrected chi connectivity index (χ4v) is 2.96. The van der Waals surface area contributed by atoms with Gasteiger partial charge in [0.15, 0.2) is 0 Å². The normalized spacial score (nSPS) is 24.2. The summed E-state index contributed by atoms with van der Waals surface area (Å²) in [5, 5.41) is 10.2. The first-order valence-corrected chi connectivity index (χ1v) is 7.22. The maximum absolute atomic E-state index is 10.2. The Bertz CT molecular complexity index is 394. The molecule has 106 valence electrons. The van der Waals surface area contributed by atoms with Crippen LogP contribution >= 0.6 is 0 Å². The number of hydrogen-bond acceptors (Lipinski definition) is 3. The number of rotatable bonds is 4. The van der Waals surface area contributed by atoms with Crippen molar-refractivity contribution in [3.63, 3.8) is 0 Å². The van der Waals surface area contributed by atoms with E-state index in [2.05, 4.69) is 24.1 Å². The molecule has 1 fully saturated rings. The number of ether oxygens (including phenoxy) is 1. The lowest BCUT2D eigenvalue weighted by atomic mass is 10.0. The zero-order chi connectivity index (χ0) is 13.7. The van der Waals surface area contributed by atoms with Gasteiger partial charge < -0.3 is 9.84 Å². The summed E-state index contributed by atoms with van der Waals surface area (Å²) in [5.74, 6) is 0.896. The highest BCUT2D eigenvalue weighted by Gasteiger charge is 2.25. The second kappa shape index (κ2) is 6.92. The Morgan fingerprint density at radius 3 is 2.84 bits per heavy atom. The Balaban J connectivity index is 2.00. The van der Waals surface area contributed by atoms with E-state index in [1.807, 2.05) is 12.1 Å². The Hall–Kier alpha value is -1.06. The van der Waals surface area contributed by atoms with Crippen molar-refractivity contribution in [2.75, 3.05) is 14.2 Å². The highest BCUT2D eigenvalue weighted by Crippen LogP contribution is 2.23. The average Bonchev–Trinajstić information content (AvgIpc) is 2.63. The topological polar surface area (TPSA) is 32.7 Å². The molecule has 0 heterocycles. The van der Waals surface area contributed by atoms with Crippen molar-refractivity contribution in [2.24, 2.45) is 0 Å². The van der Waals surface area contributed by atoms with Gasteiger partial charge in [-0.2, -0.15) is 0 Å². The number of hydrogen-bond donors (Lipinski definition) is 1. The minimum absolute atomic E-state index is 0.182. The van der Waals surface area contributed by atoms with Crippen molar-refractivity contribution < 1.29 is 9.84 Å². The molecule has 0 aliphatic heterocycles. The van der Waals surface area contributed by atoms with Crippen molar-refractivity contribution in [3.05, 3.63) is 29.8 Å². The second-order valence-electron chi connectivity index (χ2n) is 5.54. The number of methoxy groups -OCH3 is 1. The van der Waals surface area contributed by atoms with Crippen LogP contribution in [-0.4, -0.2) is 36.3 Å². The molecule has 1 aromatic carbocycles. The van der Waals surface area contributed by atoms with Gasteiger partial charge in [-0.25, -0.2) is 0 Å². The summed E-state index contributed by atoms with van der Waals surface area (Å²) in [6, 6.07) is 8.45. The maximum Gasteiger partial charge on any atom is 0.119 e. The van der Waals surface area contributed by atoms with Gasteiger partial charge in [0.2, 0.25) is 0 Å². The lowest BCUT2D eigenvalue weighted by Crippen LogP contribution is -2.40. The van der Waals surface area contributed by atoms with Gasteiger partial charge in [0.1, 0.15) is 5.75 Å². The van der Waals surface area contributed by atoms with E-state index in [0.29, 0.717) is 0 Å². The maximum atomic E-state index is 10.2. The lowest BCUT2D eigenvalue weighted by molar-refractivity contribution is 0.0543. The van der Waals surface area contributed by atoms with Crippen LogP contribution in [0.1, 0.15) is 37.7 Å². The smallest absolute Gasteiger partial charge is 0.119 e. The third-order valence-corrected chi connectivity index (χ3v) is 4.08. The monoisotopic (exact) mass is 263 g/mol. The number of aliphatic hydroxyl groups excluding tert-OH is 1. The number of nitrogens with zero attached hydrogens (tertiary/aromatic N) is 1. The van der Waals surface area contributed by atoms with E-state index in [0.717, 1.165) is 31.6 Å². The van der Waals surface area contributed by atoms with Crippen LogP contribution in [0.15, 0.2) is 24.3 Å². The zero-order valence-electron chi connectivity index (χ0n) is 12.0. The van der Waals surface area contributed by atoms with Crippen LogP contribution in [0.25, 0.3) is 0 Å². The largest absolute Gasteiger partial charge is 0.497 e. The van der Waals surface area contributed by atoms with Crippen LogP contribution in [0.4, 0.5) is 0 Å². The number of benzene rings is 1. The van der Waals surface area contributed by atoms with E-state index in [1.54, 1.807) is 7.11 Å². The molecule has 3 nitrogen and oxygen atoms in total. The fraction of sp³-hybridized carbons (Fsp3) is 0.625. The quantitative estimate of drug-likeness (QED) is 0.848. The summed E-state index contributed by atoms with van der Waals surface area (Å²) in [6.45, 7) is 0.860. The molecule has 0 radical (unpaired) electrons. The van der Waals surface area contributed by atoms with E-state index < -0.39 is 0 Å². The molecule has 1 aliphatic carbocycles. The van der Waals surface area contributed by atoms with Gasteiger partial charge in [0.25, 0.3) is 0 Å². The lowest BCUT2D eigenvalue weighted by Gasteiger charge is -2.30. The minimum Gasteiger partial charge on any atom is -0.497 e. The fourth-order valence-electron chi connectivity index (χ4n) is 2.96. The summed E-state index contributed by atoms with van der Waals surface area (Å²) >= 11 is 0. The predicted molar refractivity (Wildman–Crippen MR) is 77.3 cm³/mol. The first-order chi connectivity index (χ1) is 9.20. The van der Waals surface area contributed by atoms with E-state index in [9.17, 15) is 5.11 Å². The van der Waals surface area contributed by atoms with Gasteiger partial charge in [-0.15, -0.1) is 0 Å². The molecule has 1 aromatic rings. The van der Waals surface area contributed by atoms with Gasteiger partial charge in [-0.05, 0) is 37.6 Å². The van der Waals surface area contributed by atoms with Gasteiger partial charge >= 0.3 is 0 Å². The summed E-state index contributed by atoms with van der Waals surface area (Å²) in [6.07, 6.45) is 5.49. The molecule has 1 saturated carbocycles. The third-order valence-electron chi connectivity index (χ3n) is 4.08. The molecular formula is C16H25NO2. The van der Waals surface area contributed by atoms with Crippen LogP contribution in [-0.2, 0) is 6.54 Å². The summed E-state index contributed by atoms with van der Waals surface area (Å²) in [5.41, 5.74) is 1.23. The van der Waals surface area contributed by atoms with E-state index >= 15 is 0 Å². The number of aliphatic hydroxyl groups is 1. The molecule has 19 heavy (non-hydrogen) atoms. The molecule has 0 bridgehead atoms. The molecule has 1 aliphatic rings. The van der Waals surface area contributed by atoms with Crippen molar-refractivity contribution in [1.29, 1.82) is 0 Å². The molecule has 0 amide bonds. The van der Waals surface area contributed by atoms with Gasteiger partial charge in [0.05, 0.1) is 13.2 Å². The molecular weight excluding hydrogens is 238 g/mol. The SMILES string of the molecule is COc1cccc(CN(C)C2CCCCCC2O)c1. The Kier molecular flexibility index (Phi) is 5.23.